The molecule has 0 spiro atoms. The SMILES string of the molecule is CCOc1cc2occ(-c3ccc(F)cc3)c2cc1/C(C)=C/C(=O)NCc1ccco1. The first-order valence-corrected chi connectivity index (χ1v) is 9.98. The van der Waals surface area contributed by atoms with Crippen molar-refractivity contribution >= 4 is 22.4 Å². The van der Waals surface area contributed by atoms with Gasteiger partial charge in [-0.3, -0.25) is 4.79 Å². The average molecular weight is 419 g/mol. The van der Waals surface area contributed by atoms with Crippen molar-refractivity contribution < 1.29 is 22.8 Å². The number of benzene rings is 2. The monoisotopic (exact) mass is 419 g/mol. The van der Waals surface area contributed by atoms with Gasteiger partial charge in [0.2, 0.25) is 5.91 Å². The van der Waals surface area contributed by atoms with E-state index in [0.29, 0.717) is 30.2 Å². The van der Waals surface area contributed by atoms with Crippen molar-refractivity contribution in [3.63, 3.8) is 0 Å². The van der Waals surface area contributed by atoms with E-state index in [1.807, 2.05) is 26.0 Å². The molecule has 1 amide bonds. The Kier molecular flexibility index (Phi) is 5.89. The lowest BCUT2D eigenvalue weighted by Crippen LogP contribution is -2.20. The predicted octanol–water partition coefficient (Wildman–Crippen LogP) is 5.95. The summed E-state index contributed by atoms with van der Waals surface area (Å²) in [6.45, 7) is 4.54. The number of fused-ring (bicyclic) bond motifs is 1. The number of carbonyl (C=O) groups is 1. The smallest absolute Gasteiger partial charge is 0.244 e. The topological polar surface area (TPSA) is 64.6 Å². The largest absolute Gasteiger partial charge is 0.493 e. The van der Waals surface area contributed by atoms with E-state index in [9.17, 15) is 9.18 Å². The lowest BCUT2D eigenvalue weighted by atomic mass is 9.99. The Hall–Kier alpha value is -3.80. The number of furan rings is 2. The highest BCUT2D eigenvalue weighted by Gasteiger charge is 2.15. The summed E-state index contributed by atoms with van der Waals surface area (Å²) in [4.78, 5) is 12.4. The quantitative estimate of drug-likeness (QED) is 0.376. The second-order valence-electron chi connectivity index (χ2n) is 7.06. The molecule has 0 saturated heterocycles. The standard InChI is InChI=1S/C25H22FNO4/c1-3-29-23-13-24-21(22(15-31-24)17-6-8-18(26)9-7-17)12-20(23)16(2)11-25(28)27-14-19-5-4-10-30-19/h4-13,15H,3,14H2,1-2H3,(H,27,28)/b16-11+. The van der Waals surface area contributed by atoms with Gasteiger partial charge in [-0.1, -0.05) is 12.1 Å². The van der Waals surface area contributed by atoms with Crippen LogP contribution in [-0.4, -0.2) is 12.5 Å². The van der Waals surface area contributed by atoms with Crippen LogP contribution in [0.25, 0.3) is 27.7 Å². The van der Waals surface area contributed by atoms with Crippen LogP contribution in [-0.2, 0) is 11.3 Å². The lowest BCUT2D eigenvalue weighted by Gasteiger charge is -2.12. The van der Waals surface area contributed by atoms with Gasteiger partial charge < -0.3 is 18.9 Å². The molecule has 0 atom stereocenters. The Bertz CT molecular complexity index is 1220. The van der Waals surface area contributed by atoms with Gasteiger partial charge in [-0.15, -0.1) is 0 Å². The second-order valence-corrected chi connectivity index (χ2v) is 7.06. The van der Waals surface area contributed by atoms with Crippen LogP contribution in [0.4, 0.5) is 4.39 Å². The maximum Gasteiger partial charge on any atom is 0.244 e. The normalized spacial score (nSPS) is 11.6. The van der Waals surface area contributed by atoms with E-state index in [1.165, 1.54) is 18.2 Å². The van der Waals surface area contributed by atoms with Crippen LogP contribution >= 0.6 is 0 Å². The van der Waals surface area contributed by atoms with E-state index in [4.69, 9.17) is 13.6 Å². The number of carbonyl (C=O) groups excluding carboxylic acids is 1. The molecular formula is C25H22FNO4. The molecule has 0 unspecified atom stereocenters. The van der Waals surface area contributed by atoms with Crippen LogP contribution in [0.3, 0.4) is 0 Å². The van der Waals surface area contributed by atoms with E-state index in [0.717, 1.165) is 27.6 Å². The molecule has 2 heterocycles. The number of nitrogens with one attached hydrogen (secondary N) is 1. The van der Waals surface area contributed by atoms with Crippen LogP contribution in [0.2, 0.25) is 0 Å². The minimum absolute atomic E-state index is 0.234. The van der Waals surface area contributed by atoms with Crippen LogP contribution in [0.5, 0.6) is 5.75 Å². The van der Waals surface area contributed by atoms with Crippen molar-refractivity contribution in [2.24, 2.45) is 0 Å². The second kappa shape index (κ2) is 8.92. The number of amides is 1. The molecule has 1 N–H and O–H groups in total. The summed E-state index contributed by atoms with van der Waals surface area (Å²) in [6, 6.07) is 13.6. The van der Waals surface area contributed by atoms with Crippen molar-refractivity contribution in [3.05, 3.63) is 84.3 Å². The van der Waals surface area contributed by atoms with Gasteiger partial charge in [-0.25, -0.2) is 4.39 Å². The average Bonchev–Trinajstić information content (AvgIpc) is 3.42. The van der Waals surface area contributed by atoms with Crippen LogP contribution in [0.15, 0.2) is 76.0 Å². The van der Waals surface area contributed by atoms with Gasteiger partial charge in [-0.05, 0) is 55.3 Å². The van der Waals surface area contributed by atoms with Crippen molar-refractivity contribution in [1.29, 1.82) is 0 Å². The fourth-order valence-corrected chi connectivity index (χ4v) is 3.40. The Morgan fingerprint density at radius 2 is 1.97 bits per heavy atom. The third kappa shape index (κ3) is 4.53. The summed E-state index contributed by atoms with van der Waals surface area (Å²) in [5.41, 5.74) is 3.87. The van der Waals surface area contributed by atoms with Gasteiger partial charge in [0.15, 0.2) is 0 Å². The lowest BCUT2D eigenvalue weighted by molar-refractivity contribution is -0.116. The molecule has 4 rings (SSSR count). The fraction of sp³-hybridized carbons (Fsp3) is 0.160. The van der Waals surface area contributed by atoms with Gasteiger partial charge >= 0.3 is 0 Å². The summed E-state index contributed by atoms with van der Waals surface area (Å²) in [6.07, 6.45) is 4.74. The molecule has 2 aromatic carbocycles. The first kappa shape index (κ1) is 20.5. The summed E-state index contributed by atoms with van der Waals surface area (Å²) in [5, 5.41) is 3.66. The zero-order valence-corrected chi connectivity index (χ0v) is 17.3. The molecule has 2 aromatic heterocycles. The van der Waals surface area contributed by atoms with Gasteiger partial charge in [0, 0.05) is 28.7 Å². The van der Waals surface area contributed by atoms with E-state index in [2.05, 4.69) is 5.32 Å². The number of allylic oxidation sites excluding steroid dienone is 1. The molecule has 6 heteroatoms. The highest BCUT2D eigenvalue weighted by Crippen LogP contribution is 2.37. The Balaban J connectivity index is 1.68. The van der Waals surface area contributed by atoms with Crippen LogP contribution < -0.4 is 10.1 Å². The molecular weight excluding hydrogens is 397 g/mol. The first-order chi connectivity index (χ1) is 15.0. The highest BCUT2D eigenvalue weighted by atomic mass is 19.1. The van der Waals surface area contributed by atoms with Gasteiger partial charge in [0.05, 0.1) is 25.7 Å². The molecule has 0 bridgehead atoms. The molecule has 0 aliphatic rings. The zero-order valence-electron chi connectivity index (χ0n) is 17.3. The summed E-state index contributed by atoms with van der Waals surface area (Å²) >= 11 is 0. The van der Waals surface area contributed by atoms with E-state index in [1.54, 1.807) is 36.8 Å². The minimum Gasteiger partial charge on any atom is -0.493 e. The number of rotatable bonds is 7. The van der Waals surface area contributed by atoms with Crippen molar-refractivity contribution in [2.45, 2.75) is 20.4 Å². The van der Waals surface area contributed by atoms with Crippen molar-refractivity contribution in [2.75, 3.05) is 6.61 Å². The third-order valence-corrected chi connectivity index (χ3v) is 4.92. The molecule has 0 radical (unpaired) electrons. The summed E-state index contributed by atoms with van der Waals surface area (Å²) < 4.78 is 30.1. The molecule has 31 heavy (non-hydrogen) atoms. The number of hydrogen-bond donors (Lipinski definition) is 1. The molecule has 0 fully saturated rings. The minimum atomic E-state index is -0.296. The highest BCUT2D eigenvalue weighted by molar-refractivity contribution is 6.00. The molecule has 0 saturated carbocycles. The fourth-order valence-electron chi connectivity index (χ4n) is 3.40. The Labute approximate surface area is 179 Å². The number of hydrogen-bond acceptors (Lipinski definition) is 4. The van der Waals surface area contributed by atoms with Crippen molar-refractivity contribution in [1.82, 2.24) is 5.32 Å². The first-order valence-electron chi connectivity index (χ1n) is 9.98. The van der Waals surface area contributed by atoms with E-state index in [-0.39, 0.29) is 11.7 Å². The molecule has 158 valence electrons. The number of halogens is 1. The number of ether oxygens (including phenoxy) is 1. The third-order valence-electron chi connectivity index (χ3n) is 4.92. The molecule has 5 nitrogen and oxygen atoms in total. The maximum absolute atomic E-state index is 13.3. The maximum atomic E-state index is 13.3. The summed E-state index contributed by atoms with van der Waals surface area (Å²) in [7, 11) is 0. The Morgan fingerprint density at radius 3 is 2.68 bits per heavy atom. The van der Waals surface area contributed by atoms with Crippen LogP contribution in [0.1, 0.15) is 25.2 Å². The summed E-state index contributed by atoms with van der Waals surface area (Å²) in [5.74, 6) is 0.776. The van der Waals surface area contributed by atoms with E-state index < -0.39 is 0 Å². The molecule has 0 aliphatic carbocycles. The van der Waals surface area contributed by atoms with Gasteiger partial charge in [-0.2, -0.15) is 0 Å². The van der Waals surface area contributed by atoms with Crippen LogP contribution in [0, 0.1) is 5.82 Å². The zero-order chi connectivity index (χ0) is 21.8. The van der Waals surface area contributed by atoms with Gasteiger partial charge in [0.25, 0.3) is 0 Å². The van der Waals surface area contributed by atoms with Crippen molar-refractivity contribution in [3.8, 4) is 16.9 Å². The molecule has 4 aromatic rings. The molecule has 0 aliphatic heterocycles. The Morgan fingerprint density at radius 1 is 1.16 bits per heavy atom. The van der Waals surface area contributed by atoms with Gasteiger partial charge in [0.1, 0.15) is 22.9 Å². The predicted molar refractivity (Wildman–Crippen MR) is 117 cm³/mol. The van der Waals surface area contributed by atoms with E-state index >= 15 is 0 Å².